The van der Waals surface area contributed by atoms with E-state index < -0.39 is 10.0 Å². The quantitative estimate of drug-likeness (QED) is 0.640. The van der Waals surface area contributed by atoms with E-state index in [0.29, 0.717) is 16.5 Å². The van der Waals surface area contributed by atoms with Gasteiger partial charge in [0, 0.05) is 11.1 Å². The van der Waals surface area contributed by atoms with Crippen molar-refractivity contribution in [3.8, 4) is 5.75 Å². The zero-order valence-electron chi connectivity index (χ0n) is 17.7. The van der Waals surface area contributed by atoms with Crippen LogP contribution in [0.1, 0.15) is 44.9 Å². The van der Waals surface area contributed by atoms with Gasteiger partial charge < -0.3 is 10.1 Å². The first kappa shape index (κ1) is 23.4. The van der Waals surface area contributed by atoms with E-state index in [-0.39, 0.29) is 23.4 Å². The third-order valence-electron chi connectivity index (χ3n) is 5.52. The Morgan fingerprint density at radius 3 is 2.16 bits per heavy atom. The monoisotopic (exact) mass is 464 g/mol. The Kier molecular flexibility index (Phi) is 8.21. The summed E-state index contributed by atoms with van der Waals surface area (Å²) in [5, 5.41) is 3.54. The molecule has 0 atom stereocenters. The minimum absolute atomic E-state index is 0.0852. The van der Waals surface area contributed by atoms with Crippen LogP contribution in [0, 0.1) is 0 Å². The molecule has 0 spiro atoms. The fraction of sp³-hybridized carbons (Fsp3) is 0.435. The Balaban J connectivity index is 1.83. The molecule has 0 radical (unpaired) electrons. The highest BCUT2D eigenvalue weighted by molar-refractivity contribution is 7.92. The molecule has 8 heteroatoms. The van der Waals surface area contributed by atoms with Gasteiger partial charge in [-0.3, -0.25) is 9.10 Å². The summed E-state index contributed by atoms with van der Waals surface area (Å²) < 4.78 is 33.1. The van der Waals surface area contributed by atoms with Crippen molar-refractivity contribution < 1.29 is 17.9 Å². The van der Waals surface area contributed by atoms with Crippen LogP contribution >= 0.6 is 11.6 Å². The lowest BCUT2D eigenvalue weighted by molar-refractivity contribution is -0.120. The maximum absolute atomic E-state index is 13.4. The van der Waals surface area contributed by atoms with Gasteiger partial charge in [-0.15, -0.1) is 0 Å². The number of ether oxygens (including phenoxy) is 1. The molecule has 6 nitrogen and oxygen atoms in total. The molecule has 2 aromatic carbocycles. The van der Waals surface area contributed by atoms with E-state index in [1.165, 1.54) is 38.5 Å². The van der Waals surface area contributed by atoms with Crippen LogP contribution in [0.5, 0.6) is 5.75 Å². The van der Waals surface area contributed by atoms with Crippen molar-refractivity contribution in [2.75, 3.05) is 18.0 Å². The number of halogens is 1. The predicted octanol–water partition coefficient (Wildman–Crippen LogP) is 4.77. The van der Waals surface area contributed by atoms with E-state index in [9.17, 15) is 13.2 Å². The Labute approximate surface area is 189 Å². The van der Waals surface area contributed by atoms with Crippen molar-refractivity contribution in [2.24, 2.45) is 0 Å². The lowest BCUT2D eigenvalue weighted by atomic mass is 9.97. The molecule has 1 N–H and O–H groups in total. The van der Waals surface area contributed by atoms with E-state index in [2.05, 4.69) is 5.32 Å². The maximum Gasteiger partial charge on any atom is 0.264 e. The van der Waals surface area contributed by atoms with Crippen LogP contribution in [-0.2, 0) is 14.8 Å². The molecule has 31 heavy (non-hydrogen) atoms. The van der Waals surface area contributed by atoms with Crippen LogP contribution in [0.3, 0.4) is 0 Å². The first-order chi connectivity index (χ1) is 14.9. The summed E-state index contributed by atoms with van der Waals surface area (Å²) in [5.41, 5.74) is 0.382. The largest absolute Gasteiger partial charge is 0.497 e. The molecular formula is C23H29ClN2O4S. The van der Waals surface area contributed by atoms with Gasteiger partial charge in [0.05, 0.1) is 17.7 Å². The van der Waals surface area contributed by atoms with Crippen LogP contribution in [0.15, 0.2) is 53.4 Å². The highest BCUT2D eigenvalue weighted by Gasteiger charge is 2.28. The van der Waals surface area contributed by atoms with E-state index in [1.54, 1.807) is 36.4 Å². The molecule has 1 aliphatic rings. The number of rotatable bonds is 7. The lowest BCUT2D eigenvalue weighted by Crippen LogP contribution is -2.44. The average Bonchev–Trinajstić information content (AvgIpc) is 2.74. The number of nitrogens with zero attached hydrogens (tertiary/aromatic N) is 1. The van der Waals surface area contributed by atoms with Gasteiger partial charge >= 0.3 is 0 Å². The number of carbonyl (C=O) groups excluding carboxylic acids is 1. The molecule has 1 fully saturated rings. The molecule has 1 amide bonds. The van der Waals surface area contributed by atoms with E-state index in [4.69, 9.17) is 16.3 Å². The molecule has 2 aromatic rings. The van der Waals surface area contributed by atoms with Gasteiger partial charge in [0.15, 0.2) is 0 Å². The molecule has 0 heterocycles. The summed E-state index contributed by atoms with van der Waals surface area (Å²) in [6.07, 6.45) is 7.61. The van der Waals surface area contributed by atoms with Crippen molar-refractivity contribution in [1.82, 2.24) is 5.32 Å². The third kappa shape index (κ3) is 6.37. The van der Waals surface area contributed by atoms with E-state index in [1.807, 2.05) is 0 Å². The second-order valence-electron chi connectivity index (χ2n) is 7.77. The number of amides is 1. The standard InChI is InChI=1S/C23H29ClN2O4S/c1-30-21-13-15-22(16-14-21)31(28,29)26(20-11-9-18(24)10-12-20)17-23(27)25-19-7-5-3-2-4-6-8-19/h9-16,19H,2-8,17H2,1H3,(H,25,27). The molecular weight excluding hydrogens is 436 g/mol. The first-order valence-corrected chi connectivity index (χ1v) is 12.4. The molecule has 0 aliphatic heterocycles. The Morgan fingerprint density at radius 2 is 1.58 bits per heavy atom. The van der Waals surface area contributed by atoms with E-state index >= 15 is 0 Å². The summed E-state index contributed by atoms with van der Waals surface area (Å²) in [6.45, 7) is -0.299. The Bertz CT molecular complexity index is 954. The lowest BCUT2D eigenvalue weighted by Gasteiger charge is -2.26. The van der Waals surface area contributed by atoms with Crippen LogP contribution in [-0.4, -0.2) is 34.0 Å². The fourth-order valence-corrected chi connectivity index (χ4v) is 5.35. The minimum Gasteiger partial charge on any atom is -0.497 e. The van der Waals surface area contributed by atoms with Gasteiger partial charge in [-0.25, -0.2) is 8.42 Å². The number of anilines is 1. The van der Waals surface area contributed by atoms with Crippen LogP contribution in [0.4, 0.5) is 5.69 Å². The molecule has 0 bridgehead atoms. The number of hydrogen-bond donors (Lipinski definition) is 1. The smallest absolute Gasteiger partial charge is 0.264 e. The van der Waals surface area contributed by atoms with Crippen molar-refractivity contribution in [2.45, 2.75) is 55.9 Å². The number of carbonyl (C=O) groups is 1. The molecule has 0 aromatic heterocycles. The Hall–Kier alpha value is -2.25. The SMILES string of the molecule is COc1ccc(S(=O)(=O)N(CC(=O)NC2CCCCCCC2)c2ccc(Cl)cc2)cc1. The summed E-state index contributed by atoms with van der Waals surface area (Å²) in [5.74, 6) is 0.247. The minimum atomic E-state index is -3.97. The van der Waals surface area contributed by atoms with Gasteiger partial charge in [-0.1, -0.05) is 43.7 Å². The average molecular weight is 465 g/mol. The number of benzene rings is 2. The summed E-state index contributed by atoms with van der Waals surface area (Å²) in [6, 6.07) is 12.6. The molecule has 1 aliphatic carbocycles. The van der Waals surface area contributed by atoms with Crippen molar-refractivity contribution in [3.05, 3.63) is 53.6 Å². The number of sulfonamides is 1. The van der Waals surface area contributed by atoms with Gasteiger partial charge in [0.1, 0.15) is 12.3 Å². The van der Waals surface area contributed by atoms with E-state index in [0.717, 1.165) is 30.0 Å². The second-order valence-corrected chi connectivity index (χ2v) is 10.1. The van der Waals surface area contributed by atoms with Gasteiger partial charge in [0.25, 0.3) is 10.0 Å². The number of nitrogens with one attached hydrogen (secondary N) is 1. The summed E-state index contributed by atoms with van der Waals surface area (Å²) in [7, 11) is -2.45. The van der Waals surface area contributed by atoms with Gasteiger partial charge in [0.2, 0.25) is 5.91 Å². The molecule has 1 saturated carbocycles. The fourth-order valence-electron chi connectivity index (χ4n) is 3.80. The van der Waals surface area contributed by atoms with Crippen LogP contribution < -0.4 is 14.4 Å². The Morgan fingerprint density at radius 1 is 1.00 bits per heavy atom. The first-order valence-electron chi connectivity index (χ1n) is 10.6. The second kappa shape index (κ2) is 10.9. The van der Waals surface area contributed by atoms with Crippen molar-refractivity contribution in [1.29, 1.82) is 0 Å². The summed E-state index contributed by atoms with van der Waals surface area (Å²) >= 11 is 5.98. The van der Waals surface area contributed by atoms with Crippen molar-refractivity contribution >= 4 is 33.2 Å². The number of methoxy groups -OCH3 is 1. The summed E-state index contributed by atoms with van der Waals surface area (Å²) in [4.78, 5) is 13.0. The maximum atomic E-state index is 13.4. The molecule has 0 saturated heterocycles. The van der Waals surface area contributed by atoms with Crippen LogP contribution in [0.25, 0.3) is 0 Å². The molecule has 168 valence electrons. The normalized spacial score (nSPS) is 15.5. The highest BCUT2D eigenvalue weighted by Crippen LogP contribution is 2.26. The number of hydrogen-bond acceptors (Lipinski definition) is 4. The zero-order chi connectivity index (χ0) is 22.3. The third-order valence-corrected chi connectivity index (χ3v) is 7.56. The van der Waals surface area contributed by atoms with Gasteiger partial charge in [-0.2, -0.15) is 0 Å². The van der Waals surface area contributed by atoms with Crippen LogP contribution in [0.2, 0.25) is 5.02 Å². The molecule has 0 unspecified atom stereocenters. The molecule has 3 rings (SSSR count). The van der Waals surface area contributed by atoms with Gasteiger partial charge in [-0.05, 0) is 61.4 Å². The highest BCUT2D eigenvalue weighted by atomic mass is 35.5. The van der Waals surface area contributed by atoms with Crippen molar-refractivity contribution in [3.63, 3.8) is 0 Å². The predicted molar refractivity (Wildman–Crippen MR) is 123 cm³/mol. The topological polar surface area (TPSA) is 75.7 Å². The zero-order valence-corrected chi connectivity index (χ0v) is 19.3.